The Hall–Kier alpha value is -3.23. The molecule has 1 aliphatic rings. The van der Waals surface area contributed by atoms with Gasteiger partial charge in [0, 0.05) is 0 Å². The van der Waals surface area contributed by atoms with Crippen LogP contribution in [0.15, 0.2) is 92.7 Å². The van der Waals surface area contributed by atoms with Crippen molar-refractivity contribution in [1.29, 1.82) is 0 Å². The third kappa shape index (κ3) is 8.56. The standard InChI is InChI=1S/C31H29ClN4O6S3Se/c1-4-20(15-31-36(19-29(38)34-45(3,41)42)25-17-23(32)11-13-27(25)46-31)14-30-35(18-28(37)33-44(2,39)40)24-16-22(10-12-26(24)43-30)21-8-6-5-7-9-21/h5-17H,4,18-19H2,1-3H3,(H-,33,34,37,38,41,42)/p+1. The zero-order chi connectivity index (χ0) is 33.2. The molecule has 0 fully saturated rings. The number of sulfonamides is 1. The van der Waals surface area contributed by atoms with Crippen molar-refractivity contribution in [2.75, 3.05) is 24.0 Å². The third-order valence-electron chi connectivity index (χ3n) is 6.72. The topological polar surface area (TPSA) is 137 Å². The molecule has 240 valence electrons. The van der Waals surface area contributed by atoms with Crippen LogP contribution in [-0.4, -0.2) is 62.6 Å². The Kier molecular flexibility index (Phi) is 10.3. The van der Waals surface area contributed by atoms with Crippen LogP contribution in [0.2, 0.25) is 5.02 Å². The molecule has 2 N–H and O–H groups in total. The number of hydrogen-bond donors (Lipinski definition) is 2. The molecule has 0 saturated heterocycles. The van der Waals surface area contributed by atoms with Crippen LogP contribution in [0.1, 0.15) is 17.9 Å². The van der Waals surface area contributed by atoms with Crippen molar-refractivity contribution in [3.8, 4) is 11.1 Å². The van der Waals surface area contributed by atoms with E-state index < -0.39 is 31.8 Å². The molecule has 46 heavy (non-hydrogen) atoms. The van der Waals surface area contributed by atoms with Gasteiger partial charge in [0.05, 0.1) is 0 Å². The summed E-state index contributed by atoms with van der Waals surface area (Å²) in [5, 5.41) is 1.22. The predicted molar refractivity (Wildman–Crippen MR) is 185 cm³/mol. The number of amides is 2. The van der Waals surface area contributed by atoms with E-state index in [4.69, 9.17) is 11.6 Å². The van der Waals surface area contributed by atoms with Crippen molar-refractivity contribution in [1.82, 2.24) is 4.72 Å². The Morgan fingerprint density at radius 3 is 2.48 bits per heavy atom. The van der Waals surface area contributed by atoms with E-state index in [0.717, 1.165) is 59.2 Å². The number of rotatable bonds is 9. The van der Waals surface area contributed by atoms with Gasteiger partial charge >= 0.3 is 278 Å². The maximum atomic E-state index is 12.9. The number of thioether (sulfide) groups is 1. The third-order valence-corrected chi connectivity index (χ3v) is 11.5. The molecule has 0 saturated carbocycles. The second-order valence-electron chi connectivity index (χ2n) is 10.5. The van der Waals surface area contributed by atoms with Gasteiger partial charge in [-0.1, -0.05) is 6.07 Å². The fraction of sp³-hybridized carbons (Fsp3) is 0.194. The first-order valence-electron chi connectivity index (χ1n) is 13.9. The van der Waals surface area contributed by atoms with Crippen LogP contribution in [-0.2, 0) is 36.2 Å². The summed E-state index contributed by atoms with van der Waals surface area (Å²) in [4.78, 5) is 28.3. The summed E-state index contributed by atoms with van der Waals surface area (Å²) in [7, 11) is -7.38. The van der Waals surface area contributed by atoms with Gasteiger partial charge in [-0.15, -0.1) is 0 Å². The molecule has 0 aliphatic carbocycles. The zero-order valence-electron chi connectivity index (χ0n) is 25.0. The summed E-state index contributed by atoms with van der Waals surface area (Å²) in [5.74, 6) is -1.40. The van der Waals surface area contributed by atoms with E-state index in [2.05, 4.69) is 9.08 Å². The van der Waals surface area contributed by atoms with Gasteiger partial charge in [0.1, 0.15) is 0 Å². The van der Waals surface area contributed by atoms with Crippen molar-refractivity contribution in [3.63, 3.8) is 0 Å². The predicted octanol–water partition coefficient (Wildman–Crippen LogP) is 4.93. The Morgan fingerprint density at radius 2 is 1.80 bits per heavy atom. The fourth-order valence-electron chi connectivity index (χ4n) is 4.83. The van der Waals surface area contributed by atoms with Crippen LogP contribution >= 0.6 is 23.4 Å². The first-order chi connectivity index (χ1) is 21.7. The summed E-state index contributed by atoms with van der Waals surface area (Å²) in [6.45, 7) is 1.53. The van der Waals surface area contributed by atoms with Crippen LogP contribution in [0.3, 0.4) is 0 Å². The van der Waals surface area contributed by atoms with Gasteiger partial charge in [0.15, 0.2) is 0 Å². The summed E-state index contributed by atoms with van der Waals surface area (Å²) < 4.78 is 54.2. The fourth-order valence-corrected chi connectivity index (χ4v) is 9.37. The Morgan fingerprint density at radius 1 is 1.07 bits per heavy atom. The van der Waals surface area contributed by atoms with Crippen molar-refractivity contribution in [3.05, 3.63) is 93.0 Å². The molecule has 1 aliphatic heterocycles. The summed E-state index contributed by atoms with van der Waals surface area (Å²) >= 11 is 7.55. The molecule has 3 aromatic carbocycles. The van der Waals surface area contributed by atoms with Crippen molar-refractivity contribution < 1.29 is 31.3 Å². The monoisotopic (exact) mass is 765 g/mol. The van der Waals surface area contributed by atoms with Crippen LogP contribution < -0.4 is 14.2 Å². The Bertz CT molecular complexity index is 2150. The summed E-state index contributed by atoms with van der Waals surface area (Å²) in [6, 6.07) is 21.2. The number of halogens is 1. The second-order valence-corrected chi connectivity index (χ2v) is 17.7. The summed E-state index contributed by atoms with van der Waals surface area (Å²) in [6.07, 6.45) is 6.45. The molecule has 1 atom stereocenters. The van der Waals surface area contributed by atoms with E-state index in [0.29, 0.717) is 11.4 Å². The number of benzene rings is 3. The van der Waals surface area contributed by atoms with E-state index in [1.807, 2.05) is 73.7 Å². The zero-order valence-corrected chi connectivity index (χ0v) is 29.9. The van der Waals surface area contributed by atoms with E-state index in [9.17, 15) is 26.8 Å². The van der Waals surface area contributed by atoms with E-state index >= 15 is 0 Å². The molecule has 0 radical (unpaired) electrons. The Balaban J connectivity index is 1.58. The van der Waals surface area contributed by atoms with E-state index in [1.165, 1.54) is 11.8 Å². The molecule has 1 unspecified atom stereocenters. The van der Waals surface area contributed by atoms with Gasteiger partial charge in [-0.25, -0.2) is 0 Å². The number of hydrogen-bond acceptors (Lipinski definition) is 7. The second kappa shape index (κ2) is 13.9. The van der Waals surface area contributed by atoms with Gasteiger partial charge in [-0.05, 0) is 0 Å². The molecule has 0 spiro atoms. The van der Waals surface area contributed by atoms with E-state index in [-0.39, 0.29) is 27.6 Å². The van der Waals surface area contributed by atoms with Gasteiger partial charge in [0.25, 0.3) is 0 Å². The van der Waals surface area contributed by atoms with Crippen LogP contribution in [0.5, 0.6) is 0 Å². The molecule has 15 heteroatoms. The van der Waals surface area contributed by atoms with Gasteiger partial charge in [-0.2, -0.15) is 0 Å². The minimum atomic E-state index is -3.76. The molecule has 10 nitrogen and oxygen atoms in total. The molecular formula is C31H30ClN4O6S3Se+. The SMILES string of the molecule is CCC(=Cc1[se]c2ccc(Cl)cc2[n+]1CC(=O)N=S(C)(=O)O)C=C1Sc2ccc(-c3ccccc3)cc2N1CC(=O)NS(C)(=O)=O. The molecule has 2 heterocycles. The molecule has 2 amide bonds. The van der Waals surface area contributed by atoms with Crippen LogP contribution in [0, 0.1) is 0 Å². The quantitative estimate of drug-likeness (QED) is 0.181. The van der Waals surface area contributed by atoms with Gasteiger partial charge < -0.3 is 0 Å². The van der Waals surface area contributed by atoms with Crippen LogP contribution in [0.25, 0.3) is 27.0 Å². The van der Waals surface area contributed by atoms with Crippen molar-refractivity contribution >= 4 is 91.3 Å². The Labute approximate surface area is 283 Å². The van der Waals surface area contributed by atoms with Crippen molar-refractivity contribution in [2.45, 2.75) is 24.8 Å². The molecule has 4 aromatic rings. The van der Waals surface area contributed by atoms with Gasteiger partial charge in [0.2, 0.25) is 0 Å². The first-order valence-corrected chi connectivity index (χ1v) is 20.5. The average Bonchev–Trinajstić information content (AvgIpc) is 3.47. The maximum absolute atomic E-state index is 12.9. The number of anilines is 1. The number of allylic oxidation sites excluding steroid dienone is 2. The van der Waals surface area contributed by atoms with Gasteiger partial charge in [-0.3, -0.25) is 0 Å². The number of carbonyl (C=O) groups excluding carboxylic acids is 2. The minimum absolute atomic E-state index is 0.211. The molecule has 1 aromatic heterocycles. The number of nitrogens with zero attached hydrogens (tertiary/aromatic N) is 3. The van der Waals surface area contributed by atoms with E-state index in [1.54, 1.807) is 21.6 Å². The first kappa shape index (κ1) is 34.1. The molecule has 0 bridgehead atoms. The number of carbonyl (C=O) groups is 2. The average molecular weight is 765 g/mol. The molecule has 5 rings (SSSR count). The number of aromatic nitrogens is 1. The number of fused-ring (bicyclic) bond motifs is 2. The van der Waals surface area contributed by atoms with Crippen molar-refractivity contribution in [2.24, 2.45) is 4.36 Å². The molecular weight excluding hydrogens is 735 g/mol. The normalized spacial score (nSPS) is 15.5. The summed E-state index contributed by atoms with van der Waals surface area (Å²) in [5.41, 5.74) is 4.35. The number of nitrogens with one attached hydrogen (secondary N) is 1. The van der Waals surface area contributed by atoms with Crippen LogP contribution in [0.4, 0.5) is 5.69 Å².